The molecule has 0 bridgehead atoms. The molecule has 27 heavy (non-hydrogen) atoms. The van der Waals surface area contributed by atoms with Crippen molar-refractivity contribution in [3.63, 3.8) is 0 Å². The summed E-state index contributed by atoms with van der Waals surface area (Å²) in [5.74, 6) is 1.49. The molecule has 3 N–H and O–H groups in total. The number of methoxy groups -OCH3 is 2. The molecular formula is C19H21N3O4S. The van der Waals surface area contributed by atoms with Gasteiger partial charge in [0.1, 0.15) is 11.5 Å². The first-order valence-corrected chi connectivity index (χ1v) is 9.80. The van der Waals surface area contributed by atoms with Crippen molar-refractivity contribution in [2.75, 3.05) is 14.2 Å². The van der Waals surface area contributed by atoms with Gasteiger partial charge in [0.05, 0.1) is 14.2 Å². The van der Waals surface area contributed by atoms with Gasteiger partial charge in [0, 0.05) is 24.1 Å². The fraction of sp³-hybridized carbons (Fsp3) is 0.211. The zero-order valence-electron chi connectivity index (χ0n) is 15.1. The van der Waals surface area contributed by atoms with Gasteiger partial charge in [0.25, 0.3) is 10.0 Å². The second-order valence-electron chi connectivity index (χ2n) is 6.08. The molecule has 142 valence electrons. The molecule has 0 unspecified atom stereocenters. The zero-order valence-corrected chi connectivity index (χ0v) is 15.9. The number of hydrogen-bond donors (Lipinski definition) is 2. The lowest BCUT2D eigenvalue weighted by molar-refractivity contribution is 0.414. The summed E-state index contributed by atoms with van der Waals surface area (Å²) in [4.78, 5) is 0. The van der Waals surface area contributed by atoms with Crippen LogP contribution in [0.4, 0.5) is 0 Å². The van der Waals surface area contributed by atoms with Gasteiger partial charge in [-0.2, -0.15) is 5.10 Å². The molecule has 0 aliphatic heterocycles. The van der Waals surface area contributed by atoms with Gasteiger partial charge >= 0.3 is 0 Å². The third kappa shape index (κ3) is 4.47. The summed E-state index contributed by atoms with van der Waals surface area (Å²) >= 11 is 0. The van der Waals surface area contributed by atoms with Crippen LogP contribution < -0.4 is 14.6 Å². The Kier molecular flexibility index (Phi) is 5.48. The Balaban J connectivity index is 1.94. The highest BCUT2D eigenvalue weighted by atomic mass is 32.2. The molecule has 0 saturated heterocycles. The molecule has 0 radical (unpaired) electrons. The monoisotopic (exact) mass is 387 g/mol. The second-order valence-corrected chi connectivity index (χ2v) is 7.56. The van der Waals surface area contributed by atoms with Crippen LogP contribution >= 0.6 is 0 Å². The average Bonchev–Trinajstić information content (AvgIpc) is 3.05. The Labute approximate surface area is 158 Å². The normalized spacial score (nSPS) is 11.4. The van der Waals surface area contributed by atoms with Crippen molar-refractivity contribution in [2.45, 2.75) is 17.9 Å². The zero-order chi connectivity index (χ0) is 19.4. The van der Waals surface area contributed by atoms with Crippen molar-refractivity contribution in [2.24, 2.45) is 5.14 Å². The van der Waals surface area contributed by atoms with E-state index in [1.54, 1.807) is 14.2 Å². The van der Waals surface area contributed by atoms with Crippen LogP contribution in [0, 0.1) is 0 Å². The van der Waals surface area contributed by atoms with E-state index in [1.165, 1.54) is 0 Å². The maximum atomic E-state index is 12.0. The van der Waals surface area contributed by atoms with Gasteiger partial charge in [-0.3, -0.25) is 5.10 Å². The minimum atomic E-state index is -3.94. The minimum absolute atomic E-state index is 0.123. The molecule has 0 amide bonds. The number of nitrogens with zero attached hydrogens (tertiary/aromatic N) is 1. The number of nitrogens with two attached hydrogens (primary N) is 1. The van der Waals surface area contributed by atoms with Gasteiger partial charge in [0.2, 0.25) is 0 Å². The van der Waals surface area contributed by atoms with E-state index in [-0.39, 0.29) is 5.03 Å². The standard InChI is InChI=1S/C19H21N3O4S/c1-25-15-7-3-13(4-8-15)11-17-18(21-22-19(17)27(20,23)24)12-14-5-9-16(26-2)10-6-14/h3-10H,11-12H2,1-2H3,(H,21,22)(H2,20,23,24). The molecule has 7 nitrogen and oxygen atoms in total. The van der Waals surface area contributed by atoms with E-state index < -0.39 is 10.0 Å². The molecule has 0 saturated carbocycles. The summed E-state index contributed by atoms with van der Waals surface area (Å²) in [6.45, 7) is 0. The number of nitrogens with one attached hydrogen (secondary N) is 1. The molecule has 0 aliphatic rings. The first-order chi connectivity index (χ1) is 12.9. The molecule has 3 rings (SSSR count). The topological polar surface area (TPSA) is 107 Å². The summed E-state index contributed by atoms with van der Waals surface area (Å²) in [6, 6.07) is 15.0. The van der Waals surface area contributed by atoms with E-state index in [2.05, 4.69) is 10.2 Å². The Morgan fingerprint density at radius 2 is 1.37 bits per heavy atom. The van der Waals surface area contributed by atoms with E-state index in [1.807, 2.05) is 48.5 Å². The predicted octanol–water partition coefficient (Wildman–Crippen LogP) is 2.26. The molecule has 2 aromatic carbocycles. The third-order valence-corrected chi connectivity index (χ3v) is 5.14. The lowest BCUT2D eigenvalue weighted by Crippen LogP contribution is -2.15. The molecule has 1 heterocycles. The van der Waals surface area contributed by atoms with Crippen LogP contribution in [-0.4, -0.2) is 32.8 Å². The summed E-state index contributed by atoms with van der Waals surface area (Å²) in [5, 5.41) is 12.0. The van der Waals surface area contributed by atoms with E-state index in [4.69, 9.17) is 14.6 Å². The smallest absolute Gasteiger partial charge is 0.257 e. The van der Waals surface area contributed by atoms with Gasteiger partial charge < -0.3 is 9.47 Å². The lowest BCUT2D eigenvalue weighted by Gasteiger charge is -2.08. The number of ether oxygens (including phenoxy) is 2. The highest BCUT2D eigenvalue weighted by Crippen LogP contribution is 2.24. The van der Waals surface area contributed by atoms with Crippen LogP contribution in [0.15, 0.2) is 53.6 Å². The van der Waals surface area contributed by atoms with E-state index >= 15 is 0 Å². The lowest BCUT2D eigenvalue weighted by atomic mass is 10.0. The number of hydrogen-bond acceptors (Lipinski definition) is 5. The van der Waals surface area contributed by atoms with Crippen molar-refractivity contribution >= 4 is 10.0 Å². The molecule has 0 atom stereocenters. The van der Waals surface area contributed by atoms with Crippen LogP contribution in [0.3, 0.4) is 0 Å². The fourth-order valence-corrected chi connectivity index (χ4v) is 3.55. The summed E-state index contributed by atoms with van der Waals surface area (Å²) in [7, 11) is -0.735. The number of primary sulfonamides is 1. The number of rotatable bonds is 7. The van der Waals surface area contributed by atoms with Gasteiger partial charge in [-0.15, -0.1) is 0 Å². The maximum Gasteiger partial charge on any atom is 0.257 e. The first-order valence-electron chi connectivity index (χ1n) is 8.25. The van der Waals surface area contributed by atoms with Gasteiger partial charge in [-0.05, 0) is 35.4 Å². The van der Waals surface area contributed by atoms with Crippen molar-refractivity contribution in [3.8, 4) is 11.5 Å². The molecule has 3 aromatic rings. The summed E-state index contributed by atoms with van der Waals surface area (Å²) in [5.41, 5.74) is 3.20. The summed E-state index contributed by atoms with van der Waals surface area (Å²) in [6.07, 6.45) is 0.885. The van der Waals surface area contributed by atoms with Crippen molar-refractivity contribution in [3.05, 3.63) is 70.9 Å². The third-order valence-electron chi connectivity index (χ3n) is 4.26. The predicted molar refractivity (Wildman–Crippen MR) is 102 cm³/mol. The van der Waals surface area contributed by atoms with Crippen molar-refractivity contribution in [1.82, 2.24) is 10.2 Å². The van der Waals surface area contributed by atoms with E-state index in [0.717, 1.165) is 22.6 Å². The molecule has 1 aromatic heterocycles. The number of benzene rings is 2. The number of aromatic nitrogens is 2. The van der Waals surface area contributed by atoms with E-state index in [0.29, 0.717) is 24.1 Å². The van der Waals surface area contributed by atoms with Crippen LogP contribution in [0.1, 0.15) is 22.4 Å². The molecular weight excluding hydrogens is 366 g/mol. The van der Waals surface area contributed by atoms with Crippen LogP contribution in [0.5, 0.6) is 11.5 Å². The maximum absolute atomic E-state index is 12.0. The van der Waals surface area contributed by atoms with Crippen LogP contribution in [0.2, 0.25) is 0 Å². The Hall–Kier alpha value is -2.84. The quantitative estimate of drug-likeness (QED) is 0.647. The van der Waals surface area contributed by atoms with Crippen molar-refractivity contribution in [1.29, 1.82) is 0 Å². The average molecular weight is 387 g/mol. The van der Waals surface area contributed by atoms with Crippen molar-refractivity contribution < 1.29 is 17.9 Å². The molecule has 0 fully saturated rings. The Morgan fingerprint density at radius 1 is 0.889 bits per heavy atom. The number of aromatic amines is 1. The fourth-order valence-electron chi connectivity index (χ4n) is 2.84. The van der Waals surface area contributed by atoms with E-state index in [9.17, 15) is 8.42 Å². The molecule has 0 spiro atoms. The molecule has 8 heteroatoms. The first kappa shape index (κ1) is 18.9. The van der Waals surface area contributed by atoms with Gasteiger partial charge in [-0.1, -0.05) is 24.3 Å². The number of sulfonamides is 1. The van der Waals surface area contributed by atoms with Crippen LogP contribution in [-0.2, 0) is 22.9 Å². The van der Waals surface area contributed by atoms with Gasteiger partial charge in [0.15, 0.2) is 5.03 Å². The highest BCUT2D eigenvalue weighted by molar-refractivity contribution is 7.89. The number of H-pyrrole nitrogens is 1. The largest absolute Gasteiger partial charge is 0.497 e. The minimum Gasteiger partial charge on any atom is -0.497 e. The summed E-state index contributed by atoms with van der Waals surface area (Å²) < 4.78 is 34.2. The second kappa shape index (κ2) is 7.81. The Bertz CT molecular complexity index is 1010. The van der Waals surface area contributed by atoms with Crippen LogP contribution in [0.25, 0.3) is 0 Å². The Morgan fingerprint density at radius 3 is 1.81 bits per heavy atom. The SMILES string of the molecule is COc1ccc(Cc2[nH]nc(S(N)(=O)=O)c2Cc2ccc(OC)cc2)cc1. The highest BCUT2D eigenvalue weighted by Gasteiger charge is 2.22. The molecule has 0 aliphatic carbocycles. The van der Waals surface area contributed by atoms with Gasteiger partial charge in [-0.25, -0.2) is 13.6 Å².